The van der Waals surface area contributed by atoms with Crippen LogP contribution in [0.1, 0.15) is 31.0 Å². The molecular weight excluding hydrogens is 178 g/mol. The largest absolute Gasteiger partial charge is 0.315 e. The fourth-order valence-corrected chi connectivity index (χ4v) is 1.29. The number of hydrogen-bond donors (Lipinski definition) is 1. The summed E-state index contributed by atoms with van der Waals surface area (Å²) in [6.07, 6.45) is 0. The van der Waals surface area contributed by atoms with Crippen LogP contribution in [0.2, 0.25) is 0 Å². The molecule has 0 fully saturated rings. The Bertz CT molecular complexity index is 368. The maximum Gasteiger partial charge on any atom is 0.270 e. The number of aromatic nitrogens is 2. The van der Waals surface area contributed by atoms with E-state index in [1.165, 1.54) is 4.68 Å². The molecule has 1 rings (SSSR count). The lowest BCUT2D eigenvalue weighted by Gasteiger charge is -2.08. The van der Waals surface area contributed by atoms with Crippen molar-refractivity contribution >= 4 is 0 Å². The summed E-state index contributed by atoms with van der Waals surface area (Å²) >= 11 is 0. The van der Waals surface area contributed by atoms with Crippen molar-refractivity contribution in [3.8, 4) is 0 Å². The molecule has 0 aliphatic heterocycles. The molecule has 0 atom stereocenters. The molecule has 0 amide bonds. The molecule has 0 bridgehead atoms. The molecular formula is C10H17N3O. The van der Waals surface area contributed by atoms with E-state index < -0.39 is 0 Å². The van der Waals surface area contributed by atoms with Crippen LogP contribution in [0, 0.1) is 0 Å². The summed E-state index contributed by atoms with van der Waals surface area (Å²) in [5.74, 6) is 0.345. The van der Waals surface area contributed by atoms with Gasteiger partial charge in [-0.05, 0) is 19.0 Å². The van der Waals surface area contributed by atoms with Crippen molar-refractivity contribution in [1.29, 1.82) is 0 Å². The van der Waals surface area contributed by atoms with Gasteiger partial charge in [-0.3, -0.25) is 4.79 Å². The van der Waals surface area contributed by atoms with Crippen LogP contribution in [-0.2, 0) is 13.6 Å². The lowest BCUT2D eigenvalue weighted by Crippen LogP contribution is -2.27. The minimum Gasteiger partial charge on any atom is -0.315 e. The maximum atomic E-state index is 11.6. The zero-order valence-corrected chi connectivity index (χ0v) is 9.16. The van der Waals surface area contributed by atoms with E-state index in [-0.39, 0.29) is 5.56 Å². The predicted octanol–water partition coefficient (Wildman–Crippen LogP) is 0.623. The second-order valence-electron chi connectivity index (χ2n) is 3.71. The monoisotopic (exact) mass is 195 g/mol. The molecule has 1 aromatic rings. The topological polar surface area (TPSA) is 46.9 Å². The SMILES string of the molecule is CNCc1cc(C(C)C)nn(C)c1=O. The molecule has 0 unspecified atom stereocenters. The molecule has 0 radical (unpaired) electrons. The van der Waals surface area contributed by atoms with Gasteiger partial charge in [0, 0.05) is 19.2 Å². The highest BCUT2D eigenvalue weighted by atomic mass is 16.1. The van der Waals surface area contributed by atoms with Crippen molar-refractivity contribution in [2.24, 2.45) is 7.05 Å². The number of nitrogens with zero attached hydrogens (tertiary/aromatic N) is 2. The van der Waals surface area contributed by atoms with Crippen LogP contribution in [0.25, 0.3) is 0 Å². The maximum absolute atomic E-state index is 11.6. The van der Waals surface area contributed by atoms with Crippen LogP contribution in [0.4, 0.5) is 0 Å². The molecule has 4 heteroatoms. The van der Waals surface area contributed by atoms with E-state index in [4.69, 9.17) is 0 Å². The van der Waals surface area contributed by atoms with E-state index >= 15 is 0 Å². The Balaban J connectivity index is 3.21. The summed E-state index contributed by atoms with van der Waals surface area (Å²) < 4.78 is 1.40. The fraction of sp³-hybridized carbons (Fsp3) is 0.600. The highest BCUT2D eigenvalue weighted by Gasteiger charge is 2.07. The average Bonchev–Trinajstić information content (AvgIpc) is 2.12. The zero-order chi connectivity index (χ0) is 10.7. The molecule has 0 aliphatic rings. The molecule has 1 N–H and O–H groups in total. The Morgan fingerprint density at radius 3 is 2.71 bits per heavy atom. The summed E-state index contributed by atoms with van der Waals surface area (Å²) in [7, 11) is 3.52. The number of nitrogens with one attached hydrogen (secondary N) is 1. The molecule has 78 valence electrons. The first-order chi connectivity index (χ1) is 6.56. The van der Waals surface area contributed by atoms with E-state index in [1.54, 1.807) is 7.05 Å². The van der Waals surface area contributed by atoms with Crippen molar-refractivity contribution in [3.63, 3.8) is 0 Å². The van der Waals surface area contributed by atoms with E-state index in [2.05, 4.69) is 24.3 Å². The Morgan fingerprint density at radius 1 is 1.57 bits per heavy atom. The van der Waals surface area contributed by atoms with Crippen LogP contribution in [0.15, 0.2) is 10.9 Å². The third-order valence-corrected chi connectivity index (χ3v) is 2.11. The van der Waals surface area contributed by atoms with Crippen LogP contribution in [0.5, 0.6) is 0 Å². The number of aryl methyl sites for hydroxylation is 1. The van der Waals surface area contributed by atoms with Gasteiger partial charge in [0.25, 0.3) is 5.56 Å². The summed E-state index contributed by atoms with van der Waals surface area (Å²) in [5, 5.41) is 7.17. The standard InChI is InChI=1S/C10H17N3O/c1-7(2)9-5-8(6-11-3)10(14)13(4)12-9/h5,7,11H,6H2,1-4H3. The molecule has 0 spiro atoms. The molecule has 0 saturated heterocycles. The second kappa shape index (κ2) is 4.37. The molecule has 14 heavy (non-hydrogen) atoms. The molecule has 0 aliphatic carbocycles. The first kappa shape index (κ1) is 10.9. The van der Waals surface area contributed by atoms with Gasteiger partial charge in [-0.25, -0.2) is 4.68 Å². The summed E-state index contributed by atoms with van der Waals surface area (Å²) in [6.45, 7) is 4.72. The van der Waals surface area contributed by atoms with E-state index in [9.17, 15) is 4.79 Å². The third kappa shape index (κ3) is 2.20. The molecule has 0 saturated carbocycles. The van der Waals surface area contributed by atoms with E-state index in [0.29, 0.717) is 12.5 Å². The first-order valence-electron chi connectivity index (χ1n) is 4.78. The second-order valence-corrected chi connectivity index (χ2v) is 3.71. The normalized spacial score (nSPS) is 10.9. The first-order valence-corrected chi connectivity index (χ1v) is 4.78. The van der Waals surface area contributed by atoms with Crippen molar-refractivity contribution in [2.75, 3.05) is 7.05 Å². The third-order valence-electron chi connectivity index (χ3n) is 2.11. The Labute approximate surface area is 84.0 Å². The summed E-state index contributed by atoms with van der Waals surface area (Å²) in [6, 6.07) is 1.88. The van der Waals surface area contributed by atoms with Gasteiger partial charge in [0.05, 0.1) is 5.69 Å². The molecule has 0 aromatic carbocycles. The van der Waals surface area contributed by atoms with Gasteiger partial charge in [-0.1, -0.05) is 13.8 Å². The van der Waals surface area contributed by atoms with Crippen LogP contribution >= 0.6 is 0 Å². The number of hydrogen-bond acceptors (Lipinski definition) is 3. The van der Waals surface area contributed by atoms with Gasteiger partial charge in [0.1, 0.15) is 0 Å². The smallest absolute Gasteiger partial charge is 0.270 e. The summed E-state index contributed by atoms with van der Waals surface area (Å²) in [5.41, 5.74) is 1.70. The van der Waals surface area contributed by atoms with Crippen LogP contribution < -0.4 is 10.9 Å². The van der Waals surface area contributed by atoms with Gasteiger partial charge in [-0.2, -0.15) is 5.10 Å². The van der Waals surface area contributed by atoms with Crippen LogP contribution in [-0.4, -0.2) is 16.8 Å². The Morgan fingerprint density at radius 2 is 2.21 bits per heavy atom. The minimum absolute atomic E-state index is 0.0243. The molecule has 1 aromatic heterocycles. The van der Waals surface area contributed by atoms with Gasteiger partial charge >= 0.3 is 0 Å². The highest BCUT2D eigenvalue weighted by Crippen LogP contribution is 2.09. The van der Waals surface area contributed by atoms with Gasteiger partial charge in [-0.15, -0.1) is 0 Å². The van der Waals surface area contributed by atoms with Crippen molar-refractivity contribution in [3.05, 3.63) is 27.7 Å². The lowest BCUT2D eigenvalue weighted by molar-refractivity contribution is 0.634. The lowest BCUT2D eigenvalue weighted by atomic mass is 10.1. The predicted molar refractivity (Wildman–Crippen MR) is 56.3 cm³/mol. The minimum atomic E-state index is -0.0243. The van der Waals surface area contributed by atoms with E-state index in [1.807, 2.05) is 13.1 Å². The Hall–Kier alpha value is -1.16. The molecule has 4 nitrogen and oxygen atoms in total. The van der Waals surface area contributed by atoms with Crippen LogP contribution in [0.3, 0.4) is 0 Å². The quantitative estimate of drug-likeness (QED) is 0.769. The number of rotatable bonds is 3. The van der Waals surface area contributed by atoms with Crippen molar-refractivity contribution in [2.45, 2.75) is 26.3 Å². The van der Waals surface area contributed by atoms with Crippen molar-refractivity contribution in [1.82, 2.24) is 15.1 Å². The molecule has 1 heterocycles. The van der Waals surface area contributed by atoms with Gasteiger partial charge < -0.3 is 5.32 Å². The van der Waals surface area contributed by atoms with Gasteiger partial charge in [0.15, 0.2) is 0 Å². The van der Waals surface area contributed by atoms with Crippen molar-refractivity contribution < 1.29 is 0 Å². The fourth-order valence-electron chi connectivity index (χ4n) is 1.29. The van der Waals surface area contributed by atoms with Gasteiger partial charge in [0.2, 0.25) is 0 Å². The summed E-state index contributed by atoms with van der Waals surface area (Å²) in [4.78, 5) is 11.6. The Kier molecular flexibility index (Phi) is 3.41. The zero-order valence-electron chi connectivity index (χ0n) is 9.16. The van der Waals surface area contributed by atoms with E-state index in [0.717, 1.165) is 11.3 Å². The average molecular weight is 195 g/mol. The highest BCUT2D eigenvalue weighted by molar-refractivity contribution is 5.15.